The van der Waals surface area contributed by atoms with E-state index in [0.29, 0.717) is 19.5 Å². The summed E-state index contributed by atoms with van der Waals surface area (Å²) in [5.41, 5.74) is 0. The molecule has 1 fully saturated rings. The molecular formula is C12H20N2O3. The Hall–Kier alpha value is -1.39. The zero-order chi connectivity index (χ0) is 13.2. The van der Waals surface area contributed by atoms with E-state index in [0.717, 1.165) is 0 Å². The van der Waals surface area contributed by atoms with E-state index in [2.05, 4.69) is 0 Å². The lowest BCUT2D eigenvalue weighted by atomic mass is 10.1. The Morgan fingerprint density at radius 2 is 1.59 bits per heavy atom. The molecule has 0 aromatic rings. The van der Waals surface area contributed by atoms with E-state index >= 15 is 0 Å². The second-order valence-electron chi connectivity index (χ2n) is 4.59. The van der Waals surface area contributed by atoms with Crippen molar-refractivity contribution in [2.75, 3.05) is 13.1 Å². The van der Waals surface area contributed by atoms with Gasteiger partial charge in [-0.2, -0.15) is 0 Å². The minimum absolute atomic E-state index is 0.0100. The number of carbonyl (C=O) groups is 3. The number of Topliss-reactive ketones (excluding diaryl/α,β-unsaturated/α-hetero) is 1. The minimum atomic E-state index is -0.556. The van der Waals surface area contributed by atoms with Crippen LogP contribution in [0.3, 0.4) is 0 Å². The van der Waals surface area contributed by atoms with Crippen molar-refractivity contribution < 1.29 is 14.4 Å². The van der Waals surface area contributed by atoms with Gasteiger partial charge in [0.05, 0.1) is 6.04 Å². The van der Waals surface area contributed by atoms with Gasteiger partial charge in [0.1, 0.15) is 0 Å². The van der Waals surface area contributed by atoms with Crippen molar-refractivity contribution in [2.45, 2.75) is 46.2 Å². The van der Waals surface area contributed by atoms with Gasteiger partial charge in [-0.05, 0) is 20.8 Å². The number of nitrogens with zero attached hydrogens (tertiary/aromatic N) is 2. The van der Waals surface area contributed by atoms with Crippen molar-refractivity contribution in [1.29, 1.82) is 0 Å². The normalized spacial score (nSPS) is 18.9. The van der Waals surface area contributed by atoms with Gasteiger partial charge in [0, 0.05) is 25.6 Å². The summed E-state index contributed by atoms with van der Waals surface area (Å²) in [7, 11) is 0. The fourth-order valence-electron chi connectivity index (χ4n) is 2.00. The quantitative estimate of drug-likeness (QED) is 0.670. The topological polar surface area (TPSA) is 57.7 Å². The maximum Gasteiger partial charge on any atom is 0.312 e. The standard InChI is InChI=1S/C12H20N2O3/c1-5-10(15)9(4)14-7-6-13(8(2)3)11(16)12(14)17/h8-9H,5-7H2,1-4H3. The van der Waals surface area contributed by atoms with E-state index in [1.807, 2.05) is 13.8 Å². The van der Waals surface area contributed by atoms with Crippen LogP contribution in [0.4, 0.5) is 0 Å². The maximum absolute atomic E-state index is 11.9. The highest BCUT2D eigenvalue weighted by molar-refractivity contribution is 6.35. The molecule has 1 aliphatic heterocycles. The van der Waals surface area contributed by atoms with Gasteiger partial charge in [-0.25, -0.2) is 0 Å². The van der Waals surface area contributed by atoms with Crippen LogP contribution < -0.4 is 0 Å². The molecule has 5 heteroatoms. The van der Waals surface area contributed by atoms with Crippen molar-refractivity contribution in [3.63, 3.8) is 0 Å². The van der Waals surface area contributed by atoms with Crippen molar-refractivity contribution in [2.24, 2.45) is 0 Å². The molecule has 17 heavy (non-hydrogen) atoms. The van der Waals surface area contributed by atoms with Gasteiger partial charge < -0.3 is 9.80 Å². The van der Waals surface area contributed by atoms with Crippen LogP contribution in [0.1, 0.15) is 34.1 Å². The number of amides is 2. The van der Waals surface area contributed by atoms with Gasteiger partial charge in [0.25, 0.3) is 0 Å². The predicted octanol–water partition coefficient (Wildman–Crippen LogP) is 0.433. The van der Waals surface area contributed by atoms with Crippen molar-refractivity contribution in [3.05, 3.63) is 0 Å². The Kier molecular flexibility index (Phi) is 4.26. The summed E-state index contributed by atoms with van der Waals surface area (Å²) < 4.78 is 0. The monoisotopic (exact) mass is 240 g/mol. The third-order valence-corrected chi connectivity index (χ3v) is 3.19. The molecule has 5 nitrogen and oxygen atoms in total. The smallest absolute Gasteiger partial charge is 0.312 e. The largest absolute Gasteiger partial charge is 0.330 e. The average Bonchev–Trinajstić information content (AvgIpc) is 2.30. The molecule has 1 unspecified atom stereocenters. The molecule has 0 radical (unpaired) electrons. The molecule has 0 aliphatic carbocycles. The molecule has 1 saturated heterocycles. The Morgan fingerprint density at radius 3 is 2.06 bits per heavy atom. The Labute approximate surface area is 102 Å². The van der Waals surface area contributed by atoms with Crippen LogP contribution in [0.15, 0.2) is 0 Å². The van der Waals surface area contributed by atoms with Gasteiger partial charge >= 0.3 is 11.8 Å². The zero-order valence-corrected chi connectivity index (χ0v) is 10.9. The predicted molar refractivity (Wildman–Crippen MR) is 63.3 cm³/mol. The number of hydrogen-bond donors (Lipinski definition) is 0. The Morgan fingerprint density at radius 1 is 1.12 bits per heavy atom. The molecule has 1 atom stereocenters. The van der Waals surface area contributed by atoms with E-state index in [9.17, 15) is 14.4 Å². The van der Waals surface area contributed by atoms with Crippen LogP contribution in [-0.4, -0.2) is 52.6 Å². The fourth-order valence-corrected chi connectivity index (χ4v) is 2.00. The summed E-state index contributed by atoms with van der Waals surface area (Å²) in [6.45, 7) is 8.14. The molecule has 0 aromatic heterocycles. The molecule has 0 aromatic carbocycles. The zero-order valence-electron chi connectivity index (χ0n) is 10.9. The third kappa shape index (κ3) is 2.65. The van der Waals surface area contributed by atoms with Crippen LogP contribution in [0.25, 0.3) is 0 Å². The molecule has 96 valence electrons. The summed E-state index contributed by atoms with van der Waals surface area (Å²) in [5.74, 6) is -1.06. The van der Waals surface area contributed by atoms with Gasteiger partial charge in [-0.1, -0.05) is 6.92 Å². The van der Waals surface area contributed by atoms with E-state index < -0.39 is 17.9 Å². The lowest BCUT2D eigenvalue weighted by Gasteiger charge is -2.38. The summed E-state index contributed by atoms with van der Waals surface area (Å²) in [6, 6.07) is -0.475. The molecule has 1 rings (SSSR count). The lowest BCUT2D eigenvalue weighted by molar-refractivity contribution is -0.160. The second kappa shape index (κ2) is 5.29. The van der Waals surface area contributed by atoms with Gasteiger partial charge in [0.15, 0.2) is 5.78 Å². The van der Waals surface area contributed by atoms with E-state index in [-0.39, 0.29) is 11.8 Å². The molecule has 0 saturated carbocycles. The van der Waals surface area contributed by atoms with Crippen molar-refractivity contribution in [1.82, 2.24) is 9.80 Å². The first-order valence-corrected chi connectivity index (χ1v) is 6.04. The molecule has 1 heterocycles. The maximum atomic E-state index is 11.9. The minimum Gasteiger partial charge on any atom is -0.330 e. The molecule has 0 spiro atoms. The Balaban J connectivity index is 2.79. The molecule has 1 aliphatic rings. The lowest BCUT2D eigenvalue weighted by Crippen LogP contribution is -2.59. The Bertz CT molecular complexity index is 339. The molecule has 0 bridgehead atoms. The molecular weight excluding hydrogens is 220 g/mol. The highest BCUT2D eigenvalue weighted by Gasteiger charge is 2.37. The third-order valence-electron chi connectivity index (χ3n) is 3.19. The van der Waals surface area contributed by atoms with E-state index in [1.165, 1.54) is 4.90 Å². The van der Waals surface area contributed by atoms with Crippen molar-refractivity contribution >= 4 is 17.6 Å². The molecule has 2 amide bonds. The van der Waals surface area contributed by atoms with Crippen LogP contribution in [0.2, 0.25) is 0 Å². The first-order valence-electron chi connectivity index (χ1n) is 6.04. The van der Waals surface area contributed by atoms with Gasteiger partial charge in [-0.3, -0.25) is 14.4 Å². The SMILES string of the molecule is CCC(=O)C(C)N1CCN(C(C)C)C(=O)C1=O. The van der Waals surface area contributed by atoms with Crippen LogP contribution in [-0.2, 0) is 14.4 Å². The first-order chi connectivity index (χ1) is 7.90. The van der Waals surface area contributed by atoms with Crippen molar-refractivity contribution in [3.8, 4) is 0 Å². The van der Waals surface area contributed by atoms with Crippen LogP contribution in [0, 0.1) is 0 Å². The number of ketones is 1. The summed E-state index contributed by atoms with van der Waals surface area (Å²) in [5, 5.41) is 0. The summed E-state index contributed by atoms with van der Waals surface area (Å²) >= 11 is 0. The molecule has 0 N–H and O–H groups in total. The second-order valence-corrected chi connectivity index (χ2v) is 4.59. The van der Waals surface area contributed by atoms with Gasteiger partial charge in [0.2, 0.25) is 0 Å². The van der Waals surface area contributed by atoms with Crippen LogP contribution in [0.5, 0.6) is 0 Å². The summed E-state index contributed by atoms with van der Waals surface area (Å²) in [6.07, 6.45) is 0.382. The summed E-state index contributed by atoms with van der Waals surface area (Å²) in [4.78, 5) is 38.2. The highest BCUT2D eigenvalue weighted by Crippen LogP contribution is 2.13. The number of piperazine rings is 1. The number of hydrogen-bond acceptors (Lipinski definition) is 3. The van der Waals surface area contributed by atoms with E-state index in [1.54, 1.807) is 18.7 Å². The first kappa shape index (κ1) is 13.7. The van der Waals surface area contributed by atoms with Crippen LogP contribution >= 0.6 is 0 Å². The fraction of sp³-hybridized carbons (Fsp3) is 0.750. The van der Waals surface area contributed by atoms with E-state index in [4.69, 9.17) is 0 Å². The number of rotatable bonds is 4. The van der Waals surface area contributed by atoms with Gasteiger partial charge in [-0.15, -0.1) is 0 Å². The number of carbonyl (C=O) groups excluding carboxylic acids is 3. The average molecular weight is 240 g/mol. The highest BCUT2D eigenvalue weighted by atomic mass is 16.2.